The van der Waals surface area contributed by atoms with E-state index in [2.05, 4.69) is 10.3 Å². The van der Waals surface area contributed by atoms with E-state index in [9.17, 15) is 5.11 Å². The van der Waals surface area contributed by atoms with Gasteiger partial charge < -0.3 is 15.2 Å². The van der Waals surface area contributed by atoms with Crippen LogP contribution < -0.4 is 10.1 Å². The van der Waals surface area contributed by atoms with Gasteiger partial charge in [0.2, 0.25) is 0 Å². The van der Waals surface area contributed by atoms with Crippen LogP contribution in [0.5, 0.6) is 11.6 Å². The normalized spacial score (nSPS) is 21.0. The fourth-order valence-corrected chi connectivity index (χ4v) is 1.57. The van der Waals surface area contributed by atoms with Crippen molar-refractivity contribution in [2.75, 3.05) is 13.2 Å². The minimum atomic E-state index is 0.102. The molecule has 1 atom stereocenters. The number of rotatable bonds is 3. The second-order valence-electron chi connectivity index (χ2n) is 3.43. The number of pyridine rings is 1. The number of ether oxygens (including phenoxy) is 1. The van der Waals surface area contributed by atoms with Crippen molar-refractivity contribution in [2.24, 2.45) is 0 Å². The lowest BCUT2D eigenvalue weighted by Gasteiger charge is -2.11. The van der Waals surface area contributed by atoms with Crippen LogP contribution in [0.25, 0.3) is 0 Å². The average Bonchev–Trinajstić information content (AvgIpc) is 2.69. The molecule has 0 aromatic carbocycles. The molecule has 4 heteroatoms. The summed E-state index contributed by atoms with van der Waals surface area (Å²) < 4.78 is 5.40. The van der Waals surface area contributed by atoms with Crippen LogP contribution in [0.3, 0.4) is 0 Å². The molecule has 2 N–H and O–H groups in total. The Morgan fingerprint density at radius 3 is 3.29 bits per heavy atom. The van der Waals surface area contributed by atoms with Crippen LogP contribution in [0.1, 0.15) is 12.8 Å². The molecule has 1 fully saturated rings. The van der Waals surface area contributed by atoms with Crippen molar-refractivity contribution in [3.63, 3.8) is 0 Å². The summed E-state index contributed by atoms with van der Waals surface area (Å²) in [5.41, 5.74) is 0. The van der Waals surface area contributed by atoms with E-state index < -0.39 is 0 Å². The zero-order chi connectivity index (χ0) is 9.80. The first-order valence-electron chi connectivity index (χ1n) is 4.86. The maximum Gasteiger partial charge on any atom is 0.256 e. The first-order valence-corrected chi connectivity index (χ1v) is 4.86. The van der Waals surface area contributed by atoms with Gasteiger partial charge >= 0.3 is 0 Å². The zero-order valence-electron chi connectivity index (χ0n) is 7.94. The van der Waals surface area contributed by atoms with Gasteiger partial charge in [0.25, 0.3) is 5.88 Å². The van der Waals surface area contributed by atoms with E-state index in [1.807, 2.05) is 0 Å². The Kier molecular flexibility index (Phi) is 2.84. The number of nitrogens with one attached hydrogen (secondary N) is 1. The van der Waals surface area contributed by atoms with Crippen LogP contribution in [0.4, 0.5) is 0 Å². The molecule has 0 spiro atoms. The molecule has 1 aromatic rings. The van der Waals surface area contributed by atoms with Crippen LogP contribution in [0.15, 0.2) is 18.3 Å². The molecule has 2 heterocycles. The number of aromatic nitrogens is 1. The van der Waals surface area contributed by atoms with Gasteiger partial charge in [0.1, 0.15) is 6.61 Å². The summed E-state index contributed by atoms with van der Waals surface area (Å²) >= 11 is 0. The van der Waals surface area contributed by atoms with Crippen LogP contribution >= 0.6 is 0 Å². The van der Waals surface area contributed by atoms with Crippen LogP contribution in [0, 0.1) is 0 Å². The van der Waals surface area contributed by atoms with Crippen molar-refractivity contribution in [3.8, 4) is 11.6 Å². The van der Waals surface area contributed by atoms with E-state index in [0.717, 1.165) is 13.0 Å². The summed E-state index contributed by atoms with van der Waals surface area (Å²) in [5, 5.41) is 12.7. The van der Waals surface area contributed by atoms with E-state index in [1.165, 1.54) is 6.42 Å². The summed E-state index contributed by atoms with van der Waals surface area (Å²) in [6, 6.07) is 3.65. The second-order valence-corrected chi connectivity index (χ2v) is 3.43. The summed E-state index contributed by atoms with van der Waals surface area (Å²) in [7, 11) is 0. The van der Waals surface area contributed by atoms with E-state index in [0.29, 0.717) is 18.5 Å². The monoisotopic (exact) mass is 194 g/mol. The third-order valence-electron chi connectivity index (χ3n) is 2.33. The second kappa shape index (κ2) is 4.28. The van der Waals surface area contributed by atoms with Crippen molar-refractivity contribution in [2.45, 2.75) is 18.9 Å². The SMILES string of the molecule is Oc1cccnc1OCC1CCCN1. The van der Waals surface area contributed by atoms with Crippen LogP contribution in [-0.4, -0.2) is 29.3 Å². The van der Waals surface area contributed by atoms with Crippen molar-refractivity contribution in [3.05, 3.63) is 18.3 Å². The average molecular weight is 194 g/mol. The summed E-state index contributed by atoms with van der Waals surface area (Å²) in [5.74, 6) is 0.423. The Bertz CT molecular complexity index is 298. The van der Waals surface area contributed by atoms with Crippen molar-refractivity contribution in [1.82, 2.24) is 10.3 Å². The summed E-state index contributed by atoms with van der Waals surface area (Å²) in [6.07, 6.45) is 3.94. The predicted molar refractivity (Wildman–Crippen MR) is 52.4 cm³/mol. The van der Waals surface area contributed by atoms with Crippen molar-refractivity contribution in [1.29, 1.82) is 0 Å². The van der Waals surface area contributed by atoms with Crippen LogP contribution in [-0.2, 0) is 0 Å². The van der Waals surface area contributed by atoms with Gasteiger partial charge in [-0.05, 0) is 31.5 Å². The van der Waals surface area contributed by atoms with Crippen molar-refractivity contribution >= 4 is 0 Å². The lowest BCUT2D eigenvalue weighted by atomic mass is 10.2. The van der Waals surface area contributed by atoms with Crippen molar-refractivity contribution < 1.29 is 9.84 Å². The zero-order valence-corrected chi connectivity index (χ0v) is 7.94. The number of hydrogen-bond acceptors (Lipinski definition) is 4. The summed E-state index contributed by atoms with van der Waals surface area (Å²) in [4.78, 5) is 3.94. The van der Waals surface area contributed by atoms with E-state index in [-0.39, 0.29) is 5.75 Å². The Morgan fingerprint density at radius 2 is 2.57 bits per heavy atom. The molecule has 1 aliphatic rings. The third kappa shape index (κ3) is 2.14. The Labute approximate surface area is 82.9 Å². The fraction of sp³-hybridized carbons (Fsp3) is 0.500. The Hall–Kier alpha value is -1.29. The third-order valence-corrected chi connectivity index (χ3v) is 2.33. The molecular weight excluding hydrogens is 180 g/mol. The summed E-state index contributed by atoms with van der Waals surface area (Å²) in [6.45, 7) is 1.63. The van der Waals surface area contributed by atoms with Gasteiger partial charge in [-0.3, -0.25) is 0 Å². The largest absolute Gasteiger partial charge is 0.503 e. The molecule has 76 valence electrons. The lowest BCUT2D eigenvalue weighted by molar-refractivity contribution is 0.255. The van der Waals surface area contributed by atoms with Gasteiger partial charge in [-0.1, -0.05) is 0 Å². The topological polar surface area (TPSA) is 54.4 Å². The minimum absolute atomic E-state index is 0.102. The first kappa shape index (κ1) is 9.27. The molecule has 1 aliphatic heterocycles. The van der Waals surface area contributed by atoms with E-state index in [4.69, 9.17) is 4.74 Å². The predicted octanol–water partition coefficient (Wildman–Crippen LogP) is 0.918. The quantitative estimate of drug-likeness (QED) is 0.751. The number of aromatic hydroxyl groups is 1. The standard InChI is InChI=1S/C10H14N2O2/c13-9-4-2-6-12-10(9)14-7-8-3-1-5-11-8/h2,4,6,8,11,13H,1,3,5,7H2. The maximum atomic E-state index is 9.38. The first-order chi connectivity index (χ1) is 6.86. The van der Waals surface area contributed by atoms with Gasteiger partial charge in [0.05, 0.1) is 0 Å². The highest BCUT2D eigenvalue weighted by Crippen LogP contribution is 2.21. The fourth-order valence-electron chi connectivity index (χ4n) is 1.57. The van der Waals surface area contributed by atoms with Crippen LogP contribution in [0.2, 0.25) is 0 Å². The Morgan fingerprint density at radius 1 is 1.64 bits per heavy atom. The number of nitrogens with zero attached hydrogens (tertiary/aromatic N) is 1. The number of hydrogen-bond donors (Lipinski definition) is 2. The molecule has 1 unspecified atom stereocenters. The molecule has 1 saturated heterocycles. The molecule has 0 aliphatic carbocycles. The lowest BCUT2D eigenvalue weighted by Crippen LogP contribution is -2.28. The molecule has 14 heavy (non-hydrogen) atoms. The highest BCUT2D eigenvalue weighted by atomic mass is 16.5. The molecule has 4 nitrogen and oxygen atoms in total. The maximum absolute atomic E-state index is 9.38. The molecule has 0 amide bonds. The molecular formula is C10H14N2O2. The highest BCUT2D eigenvalue weighted by molar-refractivity contribution is 5.30. The Balaban J connectivity index is 1.88. The van der Waals surface area contributed by atoms with Gasteiger partial charge in [0, 0.05) is 12.2 Å². The van der Waals surface area contributed by atoms with E-state index >= 15 is 0 Å². The van der Waals surface area contributed by atoms with E-state index in [1.54, 1.807) is 18.3 Å². The minimum Gasteiger partial charge on any atom is -0.503 e. The van der Waals surface area contributed by atoms with Gasteiger partial charge in [-0.25, -0.2) is 4.98 Å². The van der Waals surface area contributed by atoms with Gasteiger partial charge in [-0.15, -0.1) is 0 Å². The van der Waals surface area contributed by atoms with Gasteiger partial charge in [-0.2, -0.15) is 0 Å². The molecule has 0 saturated carbocycles. The smallest absolute Gasteiger partial charge is 0.256 e. The highest BCUT2D eigenvalue weighted by Gasteiger charge is 2.15. The molecule has 0 bridgehead atoms. The molecule has 1 aromatic heterocycles. The molecule has 0 radical (unpaired) electrons. The van der Waals surface area contributed by atoms with Gasteiger partial charge in [0.15, 0.2) is 5.75 Å². The molecule has 2 rings (SSSR count).